The quantitative estimate of drug-likeness (QED) is 0.441. The van der Waals surface area contributed by atoms with Gasteiger partial charge in [0.25, 0.3) is 5.95 Å². The maximum Gasteiger partial charge on any atom is 0.486 e. The summed E-state index contributed by atoms with van der Waals surface area (Å²) >= 11 is 0. The van der Waals surface area contributed by atoms with E-state index >= 15 is 0 Å². The zero-order valence-electron chi connectivity index (χ0n) is 5.22. The predicted molar refractivity (Wildman–Crippen MR) is 24.2 cm³/mol. The van der Waals surface area contributed by atoms with Gasteiger partial charge in [-0.1, -0.05) is 0 Å². The van der Waals surface area contributed by atoms with Crippen LogP contribution in [0.3, 0.4) is 0 Å². The molecular weight excluding hydrogens is 176 g/mol. The maximum absolute atomic E-state index is 11.8. The van der Waals surface area contributed by atoms with Crippen LogP contribution in [0.15, 0.2) is 12.0 Å². The zero-order chi connectivity index (χ0) is 9.23. The summed E-state index contributed by atoms with van der Waals surface area (Å²) in [6.07, 6.45) is -8.11. The number of hydrogen-bond donors (Lipinski definition) is 0. The second-order valence-electron chi connectivity index (χ2n) is 1.58. The Morgan fingerprint density at radius 2 is 1.45 bits per heavy atom. The Hall–Kier alpha value is -0.880. The first-order valence-corrected chi connectivity index (χ1v) is 2.28. The molecule has 0 spiro atoms. The molecule has 66 valence electrons. The lowest BCUT2D eigenvalue weighted by molar-refractivity contribution is -0.231. The van der Waals surface area contributed by atoms with Gasteiger partial charge in [0.15, 0.2) is 0 Å². The van der Waals surface area contributed by atoms with Gasteiger partial charge in [-0.3, -0.25) is 4.90 Å². The van der Waals surface area contributed by atoms with Gasteiger partial charge in [-0.2, -0.15) is 26.3 Å². The number of rotatable bonds is 1. The lowest BCUT2D eigenvalue weighted by Crippen LogP contribution is -2.32. The molecule has 0 aliphatic heterocycles. The van der Waals surface area contributed by atoms with Gasteiger partial charge in [0.1, 0.15) is 0 Å². The first-order chi connectivity index (χ1) is 4.76. The molecule has 0 saturated carbocycles. The fourth-order valence-electron chi connectivity index (χ4n) is 0.238. The molecule has 0 unspecified atom stereocenters. The van der Waals surface area contributed by atoms with Gasteiger partial charge in [0, 0.05) is 7.05 Å². The summed E-state index contributed by atoms with van der Waals surface area (Å²) in [6, 6.07) is 0. The van der Waals surface area contributed by atoms with Gasteiger partial charge in [-0.05, 0) is 0 Å². The smallest absolute Gasteiger partial charge is 0.258 e. The predicted octanol–water partition coefficient (Wildman–Crippen LogP) is 2.47. The molecule has 0 aliphatic rings. The van der Waals surface area contributed by atoms with Crippen LogP contribution in [0.2, 0.25) is 0 Å². The second kappa shape index (κ2) is 3.02. The van der Waals surface area contributed by atoms with Crippen molar-refractivity contribution >= 4 is 0 Å². The Bertz CT molecular complexity index is 166. The van der Waals surface area contributed by atoms with Gasteiger partial charge >= 0.3 is 12.4 Å². The summed E-state index contributed by atoms with van der Waals surface area (Å²) in [5.41, 5.74) is 0. The highest BCUT2D eigenvalue weighted by Gasteiger charge is 2.37. The minimum atomic E-state index is -5.12. The molecule has 1 nitrogen and oxygen atoms in total. The second-order valence-corrected chi connectivity index (χ2v) is 1.58. The molecule has 0 radical (unpaired) electrons. The molecule has 0 saturated heterocycles. The van der Waals surface area contributed by atoms with Gasteiger partial charge in [-0.15, -0.1) is 0 Å². The van der Waals surface area contributed by atoms with Crippen LogP contribution in [0.4, 0.5) is 26.3 Å². The lowest BCUT2D eigenvalue weighted by atomic mass is 10.7. The molecule has 0 amide bonds. The first kappa shape index (κ1) is 10.1. The largest absolute Gasteiger partial charge is 0.486 e. The van der Waals surface area contributed by atoms with Crippen LogP contribution in [0.1, 0.15) is 0 Å². The third-order valence-corrected chi connectivity index (χ3v) is 0.831. The van der Waals surface area contributed by atoms with Crippen molar-refractivity contribution < 1.29 is 26.3 Å². The molecule has 0 aliphatic carbocycles. The van der Waals surface area contributed by atoms with Gasteiger partial charge < -0.3 is 0 Å². The zero-order valence-corrected chi connectivity index (χ0v) is 5.22. The Kier molecular flexibility index (Phi) is 2.77. The lowest BCUT2D eigenvalue weighted by Gasteiger charge is -2.18. The molecule has 0 N–H and O–H groups in total. The molecule has 0 aromatic carbocycles. The van der Waals surface area contributed by atoms with Crippen LogP contribution in [-0.4, -0.2) is 18.2 Å². The van der Waals surface area contributed by atoms with E-state index in [0.717, 1.165) is 0 Å². The topological polar surface area (TPSA) is 3.24 Å². The Balaban J connectivity index is 4.52. The van der Waals surface area contributed by atoms with Crippen LogP contribution in [-0.2, 0) is 0 Å². The van der Waals surface area contributed by atoms with E-state index < -0.39 is 23.2 Å². The molecule has 0 heterocycles. The Morgan fingerprint density at radius 1 is 1.09 bits per heavy atom. The van der Waals surface area contributed by atoms with Crippen molar-refractivity contribution in [3.05, 3.63) is 12.0 Å². The molecule has 11 heavy (non-hydrogen) atoms. The van der Waals surface area contributed by atoms with Crippen molar-refractivity contribution in [1.29, 1.82) is 0 Å². The van der Waals surface area contributed by atoms with Crippen molar-refractivity contribution in [3.63, 3.8) is 0 Å². The number of hydrogen-bond acceptors (Lipinski definition) is 1. The SMILES string of the molecule is CN(C(F)=C(F)F)C(F)(F)F. The van der Waals surface area contributed by atoms with Gasteiger partial charge in [0.2, 0.25) is 0 Å². The van der Waals surface area contributed by atoms with Crippen LogP contribution >= 0.6 is 0 Å². The standard InChI is InChI=1S/C4H3F6N/c1-11(4(8,9)10)3(7)2(5)6/h1H3. The third-order valence-electron chi connectivity index (χ3n) is 0.831. The highest BCUT2D eigenvalue weighted by Crippen LogP contribution is 2.26. The fourth-order valence-corrected chi connectivity index (χ4v) is 0.238. The number of nitrogens with zero attached hydrogens (tertiary/aromatic N) is 1. The highest BCUT2D eigenvalue weighted by atomic mass is 19.4. The molecule has 0 bridgehead atoms. The molecule has 0 fully saturated rings. The van der Waals surface area contributed by atoms with Crippen molar-refractivity contribution in [3.8, 4) is 0 Å². The maximum atomic E-state index is 11.8. The minimum Gasteiger partial charge on any atom is -0.258 e. The third kappa shape index (κ3) is 2.69. The van der Waals surface area contributed by atoms with E-state index in [1.54, 1.807) is 0 Å². The average Bonchev–Trinajstić information content (AvgIpc) is 1.82. The van der Waals surface area contributed by atoms with E-state index in [1.165, 1.54) is 0 Å². The Morgan fingerprint density at radius 3 is 1.55 bits per heavy atom. The number of alkyl halides is 3. The first-order valence-electron chi connectivity index (χ1n) is 2.28. The molecular formula is C4H3F6N. The molecule has 0 atom stereocenters. The van der Waals surface area contributed by atoms with E-state index in [1.807, 2.05) is 0 Å². The summed E-state index contributed by atoms with van der Waals surface area (Å²) < 4.78 is 68.2. The van der Waals surface area contributed by atoms with E-state index in [2.05, 4.69) is 0 Å². The van der Waals surface area contributed by atoms with Crippen molar-refractivity contribution in [2.75, 3.05) is 7.05 Å². The van der Waals surface area contributed by atoms with E-state index in [0.29, 0.717) is 0 Å². The van der Waals surface area contributed by atoms with E-state index in [4.69, 9.17) is 0 Å². The monoisotopic (exact) mass is 179 g/mol. The van der Waals surface area contributed by atoms with Crippen molar-refractivity contribution in [2.24, 2.45) is 0 Å². The van der Waals surface area contributed by atoms with Crippen LogP contribution in [0.25, 0.3) is 0 Å². The molecule has 0 aromatic rings. The minimum absolute atomic E-state index is 0.161. The number of halogens is 6. The van der Waals surface area contributed by atoms with E-state index in [9.17, 15) is 26.3 Å². The summed E-state index contributed by atoms with van der Waals surface area (Å²) in [7, 11) is 0.161. The normalized spacial score (nSPS) is 11.2. The van der Waals surface area contributed by atoms with E-state index in [-0.39, 0.29) is 7.05 Å². The van der Waals surface area contributed by atoms with Crippen LogP contribution in [0, 0.1) is 0 Å². The molecule has 0 aromatic heterocycles. The molecule has 7 heteroatoms. The van der Waals surface area contributed by atoms with Gasteiger partial charge in [-0.25, -0.2) is 0 Å². The molecule has 0 rings (SSSR count). The summed E-state index contributed by atoms with van der Waals surface area (Å²) in [5.74, 6) is -2.59. The fraction of sp³-hybridized carbons (Fsp3) is 0.500. The Labute approximate surface area is 57.9 Å². The summed E-state index contributed by atoms with van der Waals surface area (Å²) in [5, 5.41) is 0. The highest BCUT2D eigenvalue weighted by molar-refractivity contribution is 4.90. The summed E-state index contributed by atoms with van der Waals surface area (Å²) in [4.78, 5) is -1.11. The van der Waals surface area contributed by atoms with Crippen molar-refractivity contribution in [1.82, 2.24) is 4.90 Å². The van der Waals surface area contributed by atoms with Crippen LogP contribution in [0.5, 0.6) is 0 Å². The van der Waals surface area contributed by atoms with Crippen LogP contribution < -0.4 is 0 Å². The average molecular weight is 179 g/mol. The van der Waals surface area contributed by atoms with Crippen molar-refractivity contribution in [2.45, 2.75) is 6.30 Å². The summed E-state index contributed by atoms with van der Waals surface area (Å²) in [6.45, 7) is 0. The van der Waals surface area contributed by atoms with Gasteiger partial charge in [0.05, 0.1) is 0 Å².